The van der Waals surface area contributed by atoms with E-state index in [2.05, 4.69) is 36.1 Å². The number of primary amides is 1. The molecule has 0 saturated heterocycles. The monoisotopic (exact) mass is 272 g/mol. The van der Waals surface area contributed by atoms with Crippen molar-refractivity contribution in [3.63, 3.8) is 0 Å². The Bertz CT molecular complexity index is 258. The minimum absolute atomic E-state index is 0.273. The van der Waals surface area contributed by atoms with E-state index in [0.29, 0.717) is 0 Å². The molecule has 114 valence electrons. The molecule has 0 radical (unpaired) electrons. The molecule has 0 aliphatic carbocycles. The number of nitrogens with two attached hydrogens (primary N) is 1. The van der Waals surface area contributed by atoms with Crippen LogP contribution >= 0.6 is 0 Å². The van der Waals surface area contributed by atoms with Gasteiger partial charge in [0.15, 0.2) is 0 Å². The number of carbonyl (C=O) groups is 1. The van der Waals surface area contributed by atoms with E-state index < -0.39 is 5.54 Å². The van der Waals surface area contributed by atoms with Crippen LogP contribution in [0.15, 0.2) is 0 Å². The topological polar surface area (TPSA) is 61.6 Å². The summed E-state index contributed by atoms with van der Waals surface area (Å²) in [5, 5.41) is 3.03. The number of amides is 1. The average Bonchev–Trinajstić information content (AvgIpc) is 2.35. The van der Waals surface area contributed by atoms with Crippen LogP contribution in [-0.4, -0.2) is 68.6 Å². The summed E-state index contributed by atoms with van der Waals surface area (Å²) in [7, 11) is 5.99. The Kier molecular flexibility index (Phi) is 8.97. The molecule has 1 unspecified atom stereocenters. The van der Waals surface area contributed by atoms with Gasteiger partial charge in [0.25, 0.3) is 0 Å². The third-order valence-electron chi connectivity index (χ3n) is 3.77. The van der Waals surface area contributed by atoms with E-state index in [-0.39, 0.29) is 5.91 Å². The molecule has 0 rings (SSSR count). The maximum atomic E-state index is 11.4. The molecular weight excluding hydrogens is 240 g/mol. The fourth-order valence-electron chi connectivity index (χ4n) is 2.07. The van der Waals surface area contributed by atoms with Crippen molar-refractivity contribution in [3.05, 3.63) is 0 Å². The largest absolute Gasteiger partial charge is 0.368 e. The third-order valence-corrected chi connectivity index (χ3v) is 3.77. The summed E-state index contributed by atoms with van der Waals surface area (Å²) in [5.41, 5.74) is 4.84. The number of hydrogen-bond acceptors (Lipinski definition) is 4. The molecule has 0 aromatic carbocycles. The van der Waals surface area contributed by atoms with Gasteiger partial charge in [-0.2, -0.15) is 0 Å². The molecule has 1 atom stereocenters. The van der Waals surface area contributed by atoms with Crippen LogP contribution in [0.2, 0.25) is 0 Å². The van der Waals surface area contributed by atoms with E-state index in [9.17, 15) is 4.79 Å². The first-order chi connectivity index (χ1) is 8.85. The molecule has 5 heteroatoms. The summed E-state index contributed by atoms with van der Waals surface area (Å²) in [6.07, 6.45) is 2.94. The normalized spacial score (nSPS) is 14.9. The number of nitrogens with one attached hydrogen (secondary N) is 1. The van der Waals surface area contributed by atoms with Crippen LogP contribution in [0.3, 0.4) is 0 Å². The van der Waals surface area contributed by atoms with Gasteiger partial charge in [0.2, 0.25) is 5.91 Å². The van der Waals surface area contributed by atoms with E-state index in [1.165, 1.54) is 6.42 Å². The van der Waals surface area contributed by atoms with E-state index in [4.69, 9.17) is 5.73 Å². The number of likely N-dealkylation sites (N-methyl/N-ethyl adjacent to an activating group) is 1. The second kappa shape index (κ2) is 9.28. The second-order valence-electron chi connectivity index (χ2n) is 5.64. The molecule has 19 heavy (non-hydrogen) atoms. The molecule has 0 saturated carbocycles. The van der Waals surface area contributed by atoms with Gasteiger partial charge in [-0.15, -0.1) is 0 Å². The number of hydrogen-bond donors (Lipinski definition) is 2. The minimum Gasteiger partial charge on any atom is -0.368 e. The van der Waals surface area contributed by atoms with Crippen molar-refractivity contribution in [2.24, 2.45) is 5.73 Å². The van der Waals surface area contributed by atoms with Crippen molar-refractivity contribution < 1.29 is 4.79 Å². The Morgan fingerprint density at radius 2 is 1.79 bits per heavy atom. The predicted molar refractivity (Wildman–Crippen MR) is 81.2 cm³/mol. The summed E-state index contributed by atoms with van der Waals surface area (Å²) >= 11 is 0. The lowest BCUT2D eigenvalue weighted by atomic mass is 9.95. The summed E-state index contributed by atoms with van der Waals surface area (Å²) in [5.74, 6) is -0.273. The van der Waals surface area contributed by atoms with Crippen LogP contribution in [0.25, 0.3) is 0 Å². The van der Waals surface area contributed by atoms with Gasteiger partial charge in [-0.25, -0.2) is 0 Å². The zero-order valence-corrected chi connectivity index (χ0v) is 13.3. The van der Waals surface area contributed by atoms with Gasteiger partial charge in [-0.3, -0.25) is 4.79 Å². The minimum atomic E-state index is -0.580. The molecular formula is C14H32N4O. The zero-order chi connectivity index (χ0) is 14.9. The molecule has 0 bridgehead atoms. The van der Waals surface area contributed by atoms with E-state index in [1.807, 2.05) is 6.92 Å². The molecule has 1 amide bonds. The van der Waals surface area contributed by atoms with Crippen molar-refractivity contribution in [3.8, 4) is 0 Å². The molecule has 0 aromatic rings. The fraction of sp³-hybridized carbons (Fsp3) is 0.929. The highest BCUT2D eigenvalue weighted by atomic mass is 16.1. The van der Waals surface area contributed by atoms with E-state index in [0.717, 1.165) is 39.0 Å². The van der Waals surface area contributed by atoms with Crippen molar-refractivity contribution >= 4 is 5.91 Å². The van der Waals surface area contributed by atoms with Gasteiger partial charge in [0.05, 0.1) is 5.54 Å². The summed E-state index contributed by atoms with van der Waals surface area (Å²) in [6, 6.07) is 0. The van der Waals surface area contributed by atoms with E-state index in [1.54, 1.807) is 7.05 Å². The number of rotatable bonds is 11. The number of carbonyl (C=O) groups excluding carboxylic acids is 1. The first-order valence-electron chi connectivity index (χ1n) is 7.21. The molecule has 0 heterocycles. The van der Waals surface area contributed by atoms with Crippen LogP contribution in [0.1, 0.15) is 33.1 Å². The Hall–Kier alpha value is -0.650. The van der Waals surface area contributed by atoms with Gasteiger partial charge in [-0.1, -0.05) is 6.92 Å². The Morgan fingerprint density at radius 3 is 2.21 bits per heavy atom. The van der Waals surface area contributed by atoms with Crippen molar-refractivity contribution in [2.45, 2.75) is 38.6 Å². The van der Waals surface area contributed by atoms with Crippen LogP contribution in [-0.2, 0) is 4.79 Å². The molecule has 5 nitrogen and oxygen atoms in total. The van der Waals surface area contributed by atoms with Crippen LogP contribution < -0.4 is 11.1 Å². The van der Waals surface area contributed by atoms with Crippen molar-refractivity contribution in [2.75, 3.05) is 47.3 Å². The van der Waals surface area contributed by atoms with Crippen LogP contribution in [0, 0.1) is 0 Å². The molecule has 0 aromatic heterocycles. The lowest BCUT2D eigenvalue weighted by Gasteiger charge is -2.27. The first kappa shape index (κ1) is 18.4. The SMILES string of the molecule is CCN(CCCN(C)C)CCCC(C)(NC)C(N)=O. The highest BCUT2D eigenvalue weighted by Crippen LogP contribution is 2.11. The molecule has 3 N–H and O–H groups in total. The third kappa shape index (κ3) is 7.50. The van der Waals surface area contributed by atoms with Crippen LogP contribution in [0.4, 0.5) is 0 Å². The van der Waals surface area contributed by atoms with Gasteiger partial charge in [0, 0.05) is 0 Å². The molecule has 0 aliphatic heterocycles. The quantitative estimate of drug-likeness (QED) is 0.575. The van der Waals surface area contributed by atoms with Crippen molar-refractivity contribution in [1.82, 2.24) is 15.1 Å². The lowest BCUT2D eigenvalue weighted by Crippen LogP contribution is -2.51. The van der Waals surface area contributed by atoms with Crippen LogP contribution in [0.5, 0.6) is 0 Å². The van der Waals surface area contributed by atoms with Gasteiger partial charge in [0.1, 0.15) is 0 Å². The highest BCUT2D eigenvalue weighted by Gasteiger charge is 2.28. The van der Waals surface area contributed by atoms with E-state index >= 15 is 0 Å². The highest BCUT2D eigenvalue weighted by molar-refractivity contribution is 5.84. The molecule has 0 fully saturated rings. The summed E-state index contributed by atoms with van der Waals surface area (Å²) in [4.78, 5) is 16.0. The molecule has 0 aliphatic rings. The predicted octanol–water partition coefficient (Wildman–Crippen LogP) is 0.504. The maximum Gasteiger partial charge on any atom is 0.237 e. The molecule has 0 spiro atoms. The fourth-order valence-corrected chi connectivity index (χ4v) is 2.07. The van der Waals surface area contributed by atoms with Gasteiger partial charge >= 0.3 is 0 Å². The maximum absolute atomic E-state index is 11.4. The average molecular weight is 272 g/mol. The van der Waals surface area contributed by atoms with Crippen molar-refractivity contribution in [1.29, 1.82) is 0 Å². The number of nitrogens with zero attached hydrogens (tertiary/aromatic N) is 2. The zero-order valence-electron chi connectivity index (χ0n) is 13.3. The standard InChI is InChI=1S/C14H32N4O/c1-6-18(12-8-10-17(4)5)11-7-9-14(2,16-3)13(15)19/h16H,6-12H2,1-5H3,(H2,15,19). The van der Waals surface area contributed by atoms with Gasteiger partial charge < -0.3 is 20.9 Å². The van der Waals surface area contributed by atoms with Gasteiger partial charge in [-0.05, 0) is 73.5 Å². The Labute approximate surface area is 118 Å². The summed E-state index contributed by atoms with van der Waals surface area (Å²) in [6.45, 7) is 8.36. The smallest absolute Gasteiger partial charge is 0.237 e. The Morgan fingerprint density at radius 1 is 1.21 bits per heavy atom. The first-order valence-corrected chi connectivity index (χ1v) is 7.21. The second-order valence-corrected chi connectivity index (χ2v) is 5.64. The Balaban J connectivity index is 3.97. The summed E-state index contributed by atoms with van der Waals surface area (Å²) < 4.78 is 0. The lowest BCUT2D eigenvalue weighted by molar-refractivity contribution is -0.123.